The first kappa shape index (κ1) is 16.8. The molecule has 5 nitrogen and oxygen atoms in total. The molecule has 7 heteroatoms. The Morgan fingerprint density at radius 1 is 1.05 bits per heavy atom. The van der Waals surface area contributed by atoms with E-state index in [1.807, 2.05) is 22.6 Å². The number of carboxylic acid groups (broad SMARTS) is 1. The van der Waals surface area contributed by atoms with Gasteiger partial charge < -0.3 is 5.11 Å². The number of sulfonamides is 1. The van der Waals surface area contributed by atoms with Crippen molar-refractivity contribution in [2.24, 2.45) is 0 Å². The summed E-state index contributed by atoms with van der Waals surface area (Å²) in [6.07, 6.45) is -0.267. The van der Waals surface area contributed by atoms with E-state index >= 15 is 0 Å². The van der Waals surface area contributed by atoms with Crippen molar-refractivity contribution in [3.63, 3.8) is 0 Å². The Balaban J connectivity index is 2.49. The monoisotopic (exact) mass is 431 g/mol. The van der Waals surface area contributed by atoms with Crippen molar-refractivity contribution in [3.05, 3.63) is 58.2 Å². The Bertz CT molecular complexity index is 762. The van der Waals surface area contributed by atoms with Crippen LogP contribution in [0.1, 0.15) is 6.42 Å². The van der Waals surface area contributed by atoms with Gasteiger partial charge in [0.1, 0.15) is 0 Å². The van der Waals surface area contributed by atoms with Crippen LogP contribution in [0.25, 0.3) is 0 Å². The molecule has 0 aliphatic rings. The number of aliphatic carboxylic acids is 1. The molecule has 0 aliphatic carbocycles. The third kappa shape index (κ3) is 3.77. The first-order chi connectivity index (χ1) is 10.4. The summed E-state index contributed by atoms with van der Waals surface area (Å²) in [7, 11) is -3.81. The number of nitrogens with zero attached hydrogens (tertiary/aromatic N) is 1. The average Bonchev–Trinajstić information content (AvgIpc) is 2.49. The lowest BCUT2D eigenvalue weighted by molar-refractivity contribution is -0.136. The number of hydrogen-bond acceptors (Lipinski definition) is 3. The Labute approximate surface area is 142 Å². The highest BCUT2D eigenvalue weighted by atomic mass is 127. The van der Waals surface area contributed by atoms with Crippen LogP contribution in [0, 0.1) is 3.57 Å². The van der Waals surface area contributed by atoms with Gasteiger partial charge in [-0.2, -0.15) is 0 Å². The van der Waals surface area contributed by atoms with Gasteiger partial charge in [0.15, 0.2) is 0 Å². The summed E-state index contributed by atoms with van der Waals surface area (Å²) < 4.78 is 27.5. The third-order valence-electron chi connectivity index (χ3n) is 2.98. The van der Waals surface area contributed by atoms with Crippen molar-refractivity contribution in [3.8, 4) is 0 Å². The molecule has 0 amide bonds. The van der Waals surface area contributed by atoms with Crippen LogP contribution in [-0.2, 0) is 14.8 Å². The smallest absolute Gasteiger partial charge is 0.305 e. The van der Waals surface area contributed by atoms with E-state index in [-0.39, 0.29) is 17.9 Å². The summed E-state index contributed by atoms with van der Waals surface area (Å²) in [5.74, 6) is -1.04. The van der Waals surface area contributed by atoms with Gasteiger partial charge in [-0.05, 0) is 46.9 Å². The molecule has 0 saturated carbocycles. The van der Waals surface area contributed by atoms with E-state index in [1.54, 1.807) is 42.5 Å². The molecule has 0 atom stereocenters. The van der Waals surface area contributed by atoms with Crippen LogP contribution < -0.4 is 4.31 Å². The summed E-state index contributed by atoms with van der Waals surface area (Å²) in [5, 5.41) is 8.89. The van der Waals surface area contributed by atoms with E-state index in [0.29, 0.717) is 5.69 Å². The van der Waals surface area contributed by atoms with Gasteiger partial charge in [-0.25, -0.2) is 8.42 Å². The van der Waals surface area contributed by atoms with E-state index < -0.39 is 16.0 Å². The number of hydrogen-bond donors (Lipinski definition) is 1. The fourth-order valence-electron chi connectivity index (χ4n) is 1.94. The second-order valence-corrected chi connectivity index (χ2v) is 7.51. The number of anilines is 1. The molecular formula is C15H14INO4S. The molecule has 0 saturated heterocycles. The van der Waals surface area contributed by atoms with Gasteiger partial charge >= 0.3 is 5.97 Å². The van der Waals surface area contributed by atoms with Gasteiger partial charge in [-0.3, -0.25) is 9.10 Å². The Morgan fingerprint density at radius 2 is 1.64 bits per heavy atom. The number of carboxylic acids is 1. The van der Waals surface area contributed by atoms with Crippen molar-refractivity contribution >= 4 is 44.3 Å². The molecule has 0 heterocycles. The minimum Gasteiger partial charge on any atom is -0.481 e. The lowest BCUT2D eigenvalue weighted by Gasteiger charge is -2.25. The fourth-order valence-corrected chi connectivity index (χ4v) is 4.29. The Morgan fingerprint density at radius 3 is 2.23 bits per heavy atom. The summed E-state index contributed by atoms with van der Waals surface area (Å²) >= 11 is 2.04. The fraction of sp³-hybridized carbons (Fsp3) is 0.133. The van der Waals surface area contributed by atoms with Gasteiger partial charge in [0.25, 0.3) is 10.0 Å². The first-order valence-electron chi connectivity index (χ1n) is 6.47. The molecule has 0 fully saturated rings. The van der Waals surface area contributed by atoms with Crippen LogP contribution in [0.15, 0.2) is 59.5 Å². The van der Waals surface area contributed by atoms with E-state index in [2.05, 4.69) is 0 Å². The summed E-state index contributed by atoms with van der Waals surface area (Å²) in [4.78, 5) is 11.0. The highest BCUT2D eigenvalue weighted by Gasteiger charge is 2.26. The van der Waals surface area contributed by atoms with E-state index in [4.69, 9.17) is 5.11 Å². The average molecular weight is 431 g/mol. The molecule has 0 radical (unpaired) electrons. The van der Waals surface area contributed by atoms with Crippen molar-refractivity contribution in [1.82, 2.24) is 0 Å². The number of para-hydroxylation sites is 1. The summed E-state index contributed by atoms with van der Waals surface area (Å²) in [6.45, 7) is -0.118. The molecule has 1 N–H and O–H groups in total. The highest BCUT2D eigenvalue weighted by Crippen LogP contribution is 2.28. The molecule has 22 heavy (non-hydrogen) atoms. The van der Waals surface area contributed by atoms with Crippen LogP contribution in [-0.4, -0.2) is 26.0 Å². The van der Waals surface area contributed by atoms with Crippen molar-refractivity contribution in [1.29, 1.82) is 0 Å². The maximum atomic E-state index is 12.8. The van der Waals surface area contributed by atoms with Crippen molar-refractivity contribution in [2.75, 3.05) is 10.8 Å². The normalized spacial score (nSPS) is 11.1. The van der Waals surface area contributed by atoms with E-state index in [1.165, 1.54) is 12.1 Å². The van der Waals surface area contributed by atoms with E-state index in [0.717, 1.165) is 7.88 Å². The first-order valence-corrected chi connectivity index (χ1v) is 8.99. The van der Waals surface area contributed by atoms with Crippen LogP contribution in [0.2, 0.25) is 0 Å². The van der Waals surface area contributed by atoms with Gasteiger partial charge in [0, 0.05) is 10.1 Å². The molecule has 0 bridgehead atoms. The minimum absolute atomic E-state index is 0.118. The predicted molar refractivity (Wildman–Crippen MR) is 92.4 cm³/mol. The molecule has 0 spiro atoms. The number of carbonyl (C=O) groups is 1. The second kappa shape index (κ2) is 7.10. The third-order valence-corrected chi connectivity index (χ3v) is 5.72. The maximum absolute atomic E-state index is 12.8. The standard InChI is InChI=1S/C15H14INO4S/c16-13-8-4-5-9-14(13)17(11-10-15(18)19)22(20,21)12-6-2-1-3-7-12/h1-9H,10-11H2,(H,18,19). The van der Waals surface area contributed by atoms with Gasteiger partial charge in [0.05, 0.1) is 17.0 Å². The number of halogens is 1. The zero-order valence-corrected chi connectivity index (χ0v) is 14.5. The molecule has 2 aromatic carbocycles. The molecule has 0 aliphatic heterocycles. The predicted octanol–water partition coefficient (Wildman–Crippen LogP) is 2.96. The number of benzene rings is 2. The quantitative estimate of drug-likeness (QED) is 0.714. The highest BCUT2D eigenvalue weighted by molar-refractivity contribution is 14.1. The van der Waals surface area contributed by atoms with Crippen molar-refractivity contribution in [2.45, 2.75) is 11.3 Å². The molecule has 2 aromatic rings. The van der Waals surface area contributed by atoms with Crippen LogP contribution in [0.3, 0.4) is 0 Å². The largest absolute Gasteiger partial charge is 0.481 e. The topological polar surface area (TPSA) is 74.7 Å². The Hall–Kier alpha value is -1.61. The SMILES string of the molecule is O=C(O)CCN(c1ccccc1I)S(=O)(=O)c1ccccc1. The van der Waals surface area contributed by atoms with Crippen LogP contribution in [0.5, 0.6) is 0 Å². The summed E-state index contributed by atoms with van der Waals surface area (Å²) in [6, 6.07) is 15.0. The second-order valence-electron chi connectivity index (χ2n) is 4.49. The van der Waals surface area contributed by atoms with E-state index in [9.17, 15) is 13.2 Å². The molecule has 0 unspecified atom stereocenters. The number of rotatable bonds is 6. The Kier molecular flexibility index (Phi) is 5.41. The molecule has 2 rings (SSSR count). The molecule has 0 aromatic heterocycles. The van der Waals surface area contributed by atoms with Crippen LogP contribution >= 0.6 is 22.6 Å². The van der Waals surface area contributed by atoms with Gasteiger partial charge in [-0.15, -0.1) is 0 Å². The minimum atomic E-state index is -3.81. The van der Waals surface area contributed by atoms with Crippen molar-refractivity contribution < 1.29 is 18.3 Å². The lowest BCUT2D eigenvalue weighted by atomic mass is 10.3. The van der Waals surface area contributed by atoms with Gasteiger partial charge in [-0.1, -0.05) is 30.3 Å². The van der Waals surface area contributed by atoms with Crippen LogP contribution in [0.4, 0.5) is 5.69 Å². The zero-order valence-electron chi connectivity index (χ0n) is 11.5. The molecular weight excluding hydrogens is 417 g/mol. The molecule has 116 valence electrons. The van der Waals surface area contributed by atoms with Gasteiger partial charge in [0.2, 0.25) is 0 Å². The maximum Gasteiger partial charge on any atom is 0.305 e. The summed E-state index contributed by atoms with van der Waals surface area (Å²) in [5.41, 5.74) is 0.480. The lowest BCUT2D eigenvalue weighted by Crippen LogP contribution is -2.33. The zero-order chi connectivity index (χ0) is 16.2.